The van der Waals surface area contributed by atoms with Crippen LogP contribution in [0.2, 0.25) is 0 Å². The highest BCUT2D eigenvalue weighted by molar-refractivity contribution is 5.73. The summed E-state index contributed by atoms with van der Waals surface area (Å²) in [7, 11) is 0. The lowest BCUT2D eigenvalue weighted by Crippen LogP contribution is -2.68. The summed E-state index contributed by atoms with van der Waals surface area (Å²) < 4.78 is 23.3. The Morgan fingerprint density at radius 1 is 1.10 bits per heavy atom. The predicted molar refractivity (Wildman–Crippen MR) is 137 cm³/mol. The molecule has 11 atom stereocenters. The Labute approximate surface area is 231 Å². The van der Waals surface area contributed by atoms with Crippen molar-refractivity contribution >= 4 is 11.8 Å². The molecule has 0 aliphatic carbocycles. The number of rotatable bonds is 10. The minimum atomic E-state index is -1.79. The van der Waals surface area contributed by atoms with Crippen LogP contribution in [-0.4, -0.2) is 123 Å². The second-order valence-corrected chi connectivity index (χ2v) is 10.4. The summed E-state index contributed by atoms with van der Waals surface area (Å²) in [6.07, 6.45) is -13.5. The van der Waals surface area contributed by atoms with Gasteiger partial charge in [0.15, 0.2) is 5.79 Å². The molecule has 0 aromatic heterocycles. The van der Waals surface area contributed by atoms with Gasteiger partial charge in [-0.2, -0.15) is 0 Å². The lowest BCUT2D eigenvalue weighted by molar-refractivity contribution is -0.367. The van der Waals surface area contributed by atoms with Crippen LogP contribution < -0.4 is 15.4 Å². The van der Waals surface area contributed by atoms with Gasteiger partial charge in [-0.25, -0.2) is 0 Å². The van der Waals surface area contributed by atoms with Gasteiger partial charge in [0, 0.05) is 26.8 Å². The van der Waals surface area contributed by atoms with Gasteiger partial charge in [0.2, 0.25) is 18.1 Å². The van der Waals surface area contributed by atoms with Crippen LogP contribution >= 0.6 is 0 Å². The van der Waals surface area contributed by atoms with Gasteiger partial charge < -0.3 is 60.2 Å². The van der Waals surface area contributed by atoms with Crippen molar-refractivity contribution in [1.82, 2.24) is 10.6 Å². The molecule has 2 aliphatic heterocycles. The van der Waals surface area contributed by atoms with Crippen molar-refractivity contribution in [3.05, 3.63) is 29.8 Å². The van der Waals surface area contributed by atoms with E-state index in [1.807, 2.05) is 6.92 Å². The van der Waals surface area contributed by atoms with Gasteiger partial charge in [-0.1, -0.05) is 17.7 Å². The van der Waals surface area contributed by atoms with Crippen molar-refractivity contribution in [3.63, 3.8) is 0 Å². The first-order chi connectivity index (χ1) is 18.7. The summed E-state index contributed by atoms with van der Waals surface area (Å²) in [5.74, 6) is -2.42. The summed E-state index contributed by atoms with van der Waals surface area (Å²) in [4.78, 5) is 23.1. The molecule has 14 heteroatoms. The molecule has 2 heterocycles. The highest BCUT2D eigenvalue weighted by atomic mass is 16.7. The minimum Gasteiger partial charge on any atom is -0.462 e. The molecule has 8 N–H and O–H groups in total. The number of aryl methyl sites for hydroxylation is 1. The fourth-order valence-electron chi connectivity index (χ4n) is 4.82. The molecule has 3 rings (SSSR count). The van der Waals surface area contributed by atoms with Gasteiger partial charge >= 0.3 is 0 Å². The number of aliphatic hydroxyl groups excluding tert-OH is 6. The minimum absolute atomic E-state index is 0.285. The van der Waals surface area contributed by atoms with E-state index < -0.39 is 85.4 Å². The van der Waals surface area contributed by atoms with E-state index in [9.17, 15) is 40.2 Å². The lowest BCUT2D eigenvalue weighted by atomic mass is 9.88. The zero-order valence-corrected chi connectivity index (χ0v) is 22.8. The van der Waals surface area contributed by atoms with E-state index in [0.717, 1.165) is 5.56 Å². The van der Waals surface area contributed by atoms with Crippen LogP contribution in [0.1, 0.15) is 32.8 Å². The maximum absolute atomic E-state index is 11.8. The molecule has 3 unspecified atom stereocenters. The number of carbonyl (C=O) groups excluding carboxylic acids is 2. The number of nitrogens with one attached hydrogen (secondary N) is 2. The molecule has 14 nitrogen and oxygen atoms in total. The molecule has 2 fully saturated rings. The van der Waals surface area contributed by atoms with E-state index in [4.69, 9.17) is 18.9 Å². The van der Waals surface area contributed by atoms with E-state index in [-0.39, 0.29) is 13.0 Å². The Kier molecular flexibility index (Phi) is 10.8. The summed E-state index contributed by atoms with van der Waals surface area (Å²) >= 11 is 0. The van der Waals surface area contributed by atoms with Crippen LogP contribution in [0.3, 0.4) is 0 Å². The van der Waals surface area contributed by atoms with Crippen LogP contribution in [-0.2, 0) is 23.8 Å². The molecular weight excluding hydrogens is 532 g/mol. The molecule has 2 aliphatic rings. The number of benzene rings is 1. The number of amides is 2. The van der Waals surface area contributed by atoms with Crippen molar-refractivity contribution in [1.29, 1.82) is 0 Å². The van der Waals surface area contributed by atoms with Crippen molar-refractivity contribution in [2.45, 2.75) is 101 Å². The van der Waals surface area contributed by atoms with Crippen LogP contribution in [0.4, 0.5) is 0 Å². The van der Waals surface area contributed by atoms with Crippen LogP contribution in [0.25, 0.3) is 0 Å². The van der Waals surface area contributed by atoms with E-state index in [0.29, 0.717) is 5.75 Å². The maximum atomic E-state index is 11.8. The normalized spacial score (nSPS) is 35.9. The smallest absolute Gasteiger partial charge is 0.229 e. The second kappa shape index (κ2) is 13.5. The molecule has 0 saturated carbocycles. The first kappa shape index (κ1) is 32.1. The number of hydrogen-bond donors (Lipinski definition) is 8. The lowest BCUT2D eigenvalue weighted by Gasteiger charge is -2.50. The monoisotopic (exact) mass is 572 g/mol. The van der Waals surface area contributed by atoms with Gasteiger partial charge in [0.1, 0.15) is 42.4 Å². The zero-order chi connectivity index (χ0) is 29.8. The van der Waals surface area contributed by atoms with Gasteiger partial charge in [0.05, 0.1) is 24.9 Å². The molecule has 1 aromatic rings. The third-order valence-electron chi connectivity index (χ3n) is 6.88. The largest absolute Gasteiger partial charge is 0.462 e. The van der Waals surface area contributed by atoms with E-state index in [1.165, 1.54) is 20.8 Å². The third kappa shape index (κ3) is 7.87. The van der Waals surface area contributed by atoms with Crippen molar-refractivity contribution in [2.24, 2.45) is 0 Å². The zero-order valence-electron chi connectivity index (χ0n) is 22.8. The summed E-state index contributed by atoms with van der Waals surface area (Å²) in [5.41, 5.74) is 0.972. The second-order valence-electron chi connectivity index (χ2n) is 10.4. The Hall–Kier alpha value is -2.40. The molecule has 40 heavy (non-hydrogen) atoms. The topological polar surface area (TPSA) is 216 Å². The molecule has 1 aromatic carbocycles. The molecule has 2 saturated heterocycles. The molecule has 2 amide bonds. The number of carbonyl (C=O) groups is 2. The fourth-order valence-corrected chi connectivity index (χ4v) is 4.82. The van der Waals surface area contributed by atoms with Gasteiger partial charge in [-0.3, -0.25) is 9.59 Å². The van der Waals surface area contributed by atoms with Gasteiger partial charge in [0.25, 0.3) is 0 Å². The average Bonchev–Trinajstić information content (AvgIpc) is 2.89. The standard InChI is InChI=1S/C26H40N2O12/c1-12-5-7-15(8-6-12)37-25-22(36)24(21(35)18(11-29)38-25)40-26(4)9-16(32)19(28-14(3)31)23(39-26)20(34)17(33)10-27-13(2)30/h5-8,16-25,29,32-36H,9-11H2,1-4H3,(H,27,30)(H,28,31)/t16-,17-,18?,19-,20-,21+,22?,23?,24+,25-,26-/m1/s1. The molecule has 226 valence electrons. The fraction of sp³-hybridized carbons (Fsp3) is 0.692. The molecule has 0 bridgehead atoms. The van der Waals surface area contributed by atoms with Crippen molar-refractivity contribution in [3.8, 4) is 5.75 Å². The molecular formula is C26H40N2O12. The Balaban J connectivity index is 1.84. The van der Waals surface area contributed by atoms with Gasteiger partial charge in [-0.05, 0) is 26.0 Å². The Morgan fingerprint density at radius 2 is 1.75 bits per heavy atom. The number of aliphatic hydroxyl groups is 6. The highest BCUT2D eigenvalue weighted by Gasteiger charge is 2.54. The average molecular weight is 573 g/mol. The van der Waals surface area contributed by atoms with Crippen molar-refractivity contribution in [2.75, 3.05) is 13.2 Å². The number of hydrogen-bond acceptors (Lipinski definition) is 12. The summed E-state index contributed by atoms with van der Waals surface area (Å²) in [6.45, 7) is 4.72. The maximum Gasteiger partial charge on any atom is 0.229 e. The van der Waals surface area contributed by atoms with Crippen LogP contribution in [0.15, 0.2) is 24.3 Å². The first-order valence-electron chi connectivity index (χ1n) is 13.0. The van der Waals surface area contributed by atoms with Crippen molar-refractivity contribution < 1.29 is 59.2 Å². The first-order valence-corrected chi connectivity index (χ1v) is 13.0. The third-order valence-corrected chi connectivity index (χ3v) is 6.88. The molecule has 0 spiro atoms. The van der Waals surface area contributed by atoms with E-state index in [2.05, 4.69) is 10.6 Å². The highest BCUT2D eigenvalue weighted by Crippen LogP contribution is 2.37. The summed E-state index contributed by atoms with van der Waals surface area (Å²) in [5, 5.41) is 68.9. The quantitative estimate of drug-likeness (QED) is 0.145. The SMILES string of the molecule is CC(=O)NC[C@@H](O)[C@@H](O)C1O[C@](C)(O[C@@H]2C(O)[C@H](Oc3ccc(C)cc3)OC(CO)[C@@H]2O)C[C@@H](O)[C@H]1NC(C)=O. The molecule has 0 radical (unpaired) electrons. The van der Waals surface area contributed by atoms with Gasteiger partial charge in [-0.15, -0.1) is 0 Å². The predicted octanol–water partition coefficient (Wildman–Crippen LogP) is -2.57. The Bertz CT molecular complexity index is 996. The Morgan fingerprint density at radius 3 is 2.33 bits per heavy atom. The van der Waals surface area contributed by atoms with Crippen LogP contribution in [0.5, 0.6) is 5.75 Å². The number of ether oxygens (including phenoxy) is 4. The van der Waals surface area contributed by atoms with E-state index >= 15 is 0 Å². The summed E-state index contributed by atoms with van der Waals surface area (Å²) in [6, 6.07) is 5.70. The van der Waals surface area contributed by atoms with E-state index in [1.54, 1.807) is 24.3 Å². The van der Waals surface area contributed by atoms with Crippen LogP contribution in [0, 0.1) is 6.92 Å².